The molecule has 0 fully saturated rings. The molecule has 0 bridgehead atoms. The van der Waals surface area contributed by atoms with Crippen molar-refractivity contribution in [3.8, 4) is 5.75 Å². The van der Waals surface area contributed by atoms with Gasteiger partial charge in [0.1, 0.15) is 11.4 Å². The van der Waals surface area contributed by atoms with Gasteiger partial charge in [-0.2, -0.15) is 0 Å². The minimum absolute atomic E-state index is 0.0871. The largest absolute Gasteiger partial charge is 0.497 e. The average Bonchev–Trinajstić information content (AvgIpc) is 3.03. The quantitative estimate of drug-likeness (QED) is 0.531. The highest BCUT2D eigenvalue weighted by molar-refractivity contribution is 7.84. The molecule has 168 valence electrons. The number of methoxy groups -OCH3 is 1. The van der Waals surface area contributed by atoms with Gasteiger partial charge in [-0.15, -0.1) is 0 Å². The summed E-state index contributed by atoms with van der Waals surface area (Å²) in [5, 5.41) is 2.64. The van der Waals surface area contributed by atoms with Gasteiger partial charge in [-0.25, -0.2) is 13.5 Å². The number of benzene rings is 2. The third kappa shape index (κ3) is 4.58. The number of anilines is 1. The Morgan fingerprint density at radius 2 is 2.00 bits per heavy atom. The lowest BCUT2D eigenvalue weighted by atomic mass is 9.99. The van der Waals surface area contributed by atoms with E-state index >= 15 is 0 Å². The SMILES string of the molecule is COc1ccc(CC2CCc3c(cn(C)c3C(=O)Nc3ccc(F)c(F)c3)S(=N)N2)cc1. The molecule has 3 N–H and O–H groups in total. The van der Waals surface area contributed by atoms with E-state index in [2.05, 4.69) is 10.0 Å². The van der Waals surface area contributed by atoms with Crippen LogP contribution in [0.25, 0.3) is 0 Å². The first-order valence-electron chi connectivity index (χ1n) is 10.1. The molecular formula is C23H24F2N4O2S. The number of ether oxygens (including phenoxy) is 1. The van der Waals surface area contributed by atoms with E-state index in [1.807, 2.05) is 24.3 Å². The second-order valence-corrected chi connectivity index (χ2v) is 9.01. The molecule has 0 spiro atoms. The molecule has 2 unspecified atom stereocenters. The summed E-state index contributed by atoms with van der Waals surface area (Å²) in [6.07, 6.45) is 3.96. The number of nitrogens with zero attached hydrogens (tertiary/aromatic N) is 1. The molecule has 4 rings (SSSR count). The number of hydrogen-bond donors (Lipinski definition) is 3. The first-order chi connectivity index (χ1) is 15.4. The van der Waals surface area contributed by atoms with Gasteiger partial charge in [0.25, 0.3) is 5.91 Å². The third-order valence-electron chi connectivity index (χ3n) is 5.53. The lowest BCUT2D eigenvalue weighted by molar-refractivity contribution is 0.101. The van der Waals surface area contributed by atoms with E-state index < -0.39 is 28.4 Å². The number of nitrogens with one attached hydrogen (secondary N) is 3. The van der Waals surface area contributed by atoms with Gasteiger partial charge in [-0.1, -0.05) is 12.1 Å². The van der Waals surface area contributed by atoms with E-state index in [1.54, 1.807) is 24.9 Å². The van der Waals surface area contributed by atoms with Crippen molar-refractivity contribution in [3.63, 3.8) is 0 Å². The van der Waals surface area contributed by atoms with Crippen LogP contribution in [0.4, 0.5) is 14.5 Å². The Morgan fingerprint density at radius 1 is 1.25 bits per heavy atom. The van der Waals surface area contributed by atoms with Crippen LogP contribution in [0.15, 0.2) is 53.6 Å². The Kier molecular flexibility index (Phi) is 6.38. The summed E-state index contributed by atoms with van der Waals surface area (Å²) in [6.45, 7) is 0. The van der Waals surface area contributed by atoms with Crippen LogP contribution in [0.1, 0.15) is 28.0 Å². The van der Waals surface area contributed by atoms with Crippen LogP contribution in [0, 0.1) is 16.4 Å². The van der Waals surface area contributed by atoms with Gasteiger partial charge in [0.15, 0.2) is 11.6 Å². The van der Waals surface area contributed by atoms with Crippen molar-refractivity contribution in [3.05, 3.63) is 77.1 Å². The van der Waals surface area contributed by atoms with Crippen LogP contribution in [-0.2, 0) is 30.8 Å². The average molecular weight is 459 g/mol. The van der Waals surface area contributed by atoms with Crippen LogP contribution in [0.2, 0.25) is 0 Å². The maximum Gasteiger partial charge on any atom is 0.272 e. The summed E-state index contributed by atoms with van der Waals surface area (Å²) in [6, 6.07) is 11.2. The minimum Gasteiger partial charge on any atom is -0.497 e. The number of rotatable bonds is 5. The molecule has 0 saturated heterocycles. The second kappa shape index (κ2) is 9.22. The first-order valence-corrected chi connectivity index (χ1v) is 11.4. The summed E-state index contributed by atoms with van der Waals surface area (Å²) < 4.78 is 45.6. The zero-order valence-corrected chi connectivity index (χ0v) is 18.6. The van der Waals surface area contributed by atoms with Crippen LogP contribution < -0.4 is 14.8 Å². The molecule has 1 amide bonds. The van der Waals surface area contributed by atoms with Crippen molar-refractivity contribution in [1.82, 2.24) is 9.29 Å². The van der Waals surface area contributed by atoms with Crippen LogP contribution >= 0.6 is 0 Å². The number of carbonyl (C=O) groups excluding carboxylic acids is 1. The monoisotopic (exact) mass is 458 g/mol. The summed E-state index contributed by atoms with van der Waals surface area (Å²) in [7, 11) is 2.39. The Bertz CT molecular complexity index is 1180. The Balaban J connectivity index is 1.52. The fourth-order valence-corrected chi connectivity index (χ4v) is 5.29. The van der Waals surface area contributed by atoms with E-state index in [9.17, 15) is 13.6 Å². The number of hydrogen-bond acceptors (Lipinski definition) is 3. The Hall–Kier alpha value is -3.04. The number of amides is 1. The van der Waals surface area contributed by atoms with Crippen molar-refractivity contribution in [2.75, 3.05) is 12.4 Å². The number of halogens is 2. The molecule has 0 radical (unpaired) electrons. The molecule has 2 atom stereocenters. The molecule has 2 aromatic carbocycles. The topological polar surface area (TPSA) is 79.1 Å². The van der Waals surface area contributed by atoms with E-state index in [0.29, 0.717) is 12.1 Å². The second-order valence-electron chi connectivity index (χ2n) is 7.73. The van der Waals surface area contributed by atoms with Crippen molar-refractivity contribution in [2.45, 2.75) is 30.2 Å². The van der Waals surface area contributed by atoms with E-state index in [0.717, 1.165) is 46.7 Å². The highest BCUT2D eigenvalue weighted by Crippen LogP contribution is 2.27. The van der Waals surface area contributed by atoms with E-state index in [4.69, 9.17) is 9.52 Å². The van der Waals surface area contributed by atoms with Crippen molar-refractivity contribution < 1.29 is 18.3 Å². The fraction of sp³-hybridized carbons (Fsp3) is 0.261. The van der Waals surface area contributed by atoms with Gasteiger partial charge in [0, 0.05) is 31.0 Å². The first kappa shape index (κ1) is 22.2. The van der Waals surface area contributed by atoms with E-state index in [1.165, 1.54) is 6.07 Å². The molecule has 3 aromatic rings. The molecule has 32 heavy (non-hydrogen) atoms. The lowest BCUT2D eigenvalue weighted by Gasteiger charge is -2.17. The van der Waals surface area contributed by atoms with Gasteiger partial charge in [0.2, 0.25) is 0 Å². The lowest BCUT2D eigenvalue weighted by Crippen LogP contribution is -2.31. The van der Waals surface area contributed by atoms with Crippen molar-refractivity contribution >= 4 is 22.5 Å². The highest BCUT2D eigenvalue weighted by atomic mass is 32.2. The van der Waals surface area contributed by atoms with Gasteiger partial charge in [-0.3, -0.25) is 9.57 Å². The fourth-order valence-electron chi connectivity index (χ4n) is 3.92. The minimum atomic E-state index is -1.02. The summed E-state index contributed by atoms with van der Waals surface area (Å²) in [5.74, 6) is -1.60. The summed E-state index contributed by atoms with van der Waals surface area (Å²) in [4.78, 5) is 13.8. The maximum absolute atomic E-state index is 13.5. The molecule has 1 aliphatic rings. The summed E-state index contributed by atoms with van der Waals surface area (Å²) in [5.41, 5.74) is 2.57. The number of carbonyl (C=O) groups is 1. The van der Waals surface area contributed by atoms with Gasteiger partial charge >= 0.3 is 0 Å². The molecule has 1 aliphatic heterocycles. The highest BCUT2D eigenvalue weighted by Gasteiger charge is 2.27. The molecule has 6 nitrogen and oxygen atoms in total. The number of aromatic nitrogens is 1. The van der Waals surface area contributed by atoms with Crippen LogP contribution in [0.3, 0.4) is 0 Å². The van der Waals surface area contributed by atoms with E-state index in [-0.39, 0.29) is 11.7 Å². The smallest absolute Gasteiger partial charge is 0.272 e. The third-order valence-corrected chi connectivity index (χ3v) is 6.89. The zero-order chi connectivity index (χ0) is 22.8. The molecule has 0 saturated carbocycles. The predicted octanol–water partition coefficient (Wildman–Crippen LogP) is 4.37. The number of fused-ring (bicyclic) bond motifs is 1. The van der Waals surface area contributed by atoms with Gasteiger partial charge in [0.05, 0.1) is 12.0 Å². The molecule has 1 aromatic heterocycles. The molecular weight excluding hydrogens is 434 g/mol. The zero-order valence-electron chi connectivity index (χ0n) is 17.7. The molecule has 9 heteroatoms. The maximum atomic E-state index is 13.5. The predicted molar refractivity (Wildman–Crippen MR) is 120 cm³/mol. The van der Waals surface area contributed by atoms with Crippen LogP contribution in [-0.4, -0.2) is 23.6 Å². The molecule has 0 aliphatic carbocycles. The van der Waals surface area contributed by atoms with Crippen molar-refractivity contribution in [2.24, 2.45) is 7.05 Å². The number of aryl methyl sites for hydroxylation is 1. The van der Waals surface area contributed by atoms with Gasteiger partial charge < -0.3 is 14.6 Å². The van der Waals surface area contributed by atoms with Crippen LogP contribution in [0.5, 0.6) is 5.75 Å². The Morgan fingerprint density at radius 3 is 2.69 bits per heavy atom. The van der Waals surface area contributed by atoms with Gasteiger partial charge in [-0.05, 0) is 65.5 Å². The van der Waals surface area contributed by atoms with Crippen molar-refractivity contribution in [1.29, 1.82) is 4.78 Å². The standard InChI is InChI=1S/C23H24F2N4O2S/c1-29-13-21-18(22(29)23(30)27-15-6-10-19(24)20(25)12-15)9-5-16(28-32(21)26)11-14-3-7-17(31-2)8-4-14/h3-4,6-8,10,12-13,16H,5,9,11H2,1-2H3,(H2,26,28)(H,27,30). The Labute approximate surface area is 187 Å². The summed E-state index contributed by atoms with van der Waals surface area (Å²) >= 11 is 0. The molecule has 2 heterocycles. The normalized spacial score (nSPS) is 18.0.